The Balaban J connectivity index is 1.55. The molecule has 1 fully saturated rings. The third kappa shape index (κ3) is 3.64. The van der Waals surface area contributed by atoms with Gasteiger partial charge in [0.25, 0.3) is 0 Å². The molecule has 2 atom stereocenters. The maximum absolute atomic E-state index is 8.98. The zero-order valence-electron chi connectivity index (χ0n) is 12.8. The molecule has 4 heteroatoms. The number of nitrogens with one attached hydrogen (secondary N) is 1. The lowest BCUT2D eigenvalue weighted by Crippen LogP contribution is -2.18. The molecule has 0 radical (unpaired) electrons. The van der Waals surface area contributed by atoms with Gasteiger partial charge in [0.05, 0.1) is 13.2 Å². The second-order valence-corrected chi connectivity index (χ2v) is 5.70. The normalized spacial score (nSPS) is 21.1. The molecule has 22 heavy (non-hydrogen) atoms. The molecule has 116 valence electrons. The van der Waals surface area contributed by atoms with Crippen LogP contribution < -0.4 is 5.32 Å². The Labute approximate surface area is 130 Å². The van der Waals surface area contributed by atoms with E-state index in [0.717, 1.165) is 6.42 Å². The highest BCUT2D eigenvalue weighted by Gasteiger charge is 2.38. The van der Waals surface area contributed by atoms with Crippen molar-refractivity contribution in [2.45, 2.75) is 39.0 Å². The zero-order valence-corrected chi connectivity index (χ0v) is 12.8. The topological polar surface area (TPSA) is 58.3 Å². The number of hydrogen-bond donors (Lipinski definition) is 2. The highest BCUT2D eigenvalue weighted by molar-refractivity contribution is 5.54. The van der Waals surface area contributed by atoms with Gasteiger partial charge in [0.2, 0.25) is 5.89 Å². The van der Waals surface area contributed by atoms with Crippen molar-refractivity contribution in [2.75, 3.05) is 0 Å². The third-order valence-corrected chi connectivity index (χ3v) is 4.10. The van der Waals surface area contributed by atoms with E-state index >= 15 is 0 Å². The molecule has 0 saturated heterocycles. The van der Waals surface area contributed by atoms with E-state index in [1.165, 1.54) is 23.8 Å². The van der Waals surface area contributed by atoms with Crippen LogP contribution in [0.1, 0.15) is 36.9 Å². The second kappa shape index (κ2) is 6.90. The molecule has 2 N–H and O–H groups in total. The summed E-state index contributed by atoms with van der Waals surface area (Å²) in [5, 5.41) is 12.5. The Bertz CT molecular complexity index is 634. The average molecular weight is 298 g/mol. The number of hydrogen-bond acceptors (Lipinski definition) is 4. The Morgan fingerprint density at radius 1 is 1.41 bits per heavy atom. The van der Waals surface area contributed by atoms with E-state index in [9.17, 15) is 0 Å². The van der Waals surface area contributed by atoms with Gasteiger partial charge in [-0.15, -0.1) is 0 Å². The van der Waals surface area contributed by atoms with E-state index in [1.807, 2.05) is 6.07 Å². The van der Waals surface area contributed by atoms with Crippen molar-refractivity contribution < 1.29 is 9.52 Å². The summed E-state index contributed by atoms with van der Waals surface area (Å²) in [4.78, 5) is 4.19. The van der Waals surface area contributed by atoms with E-state index < -0.39 is 0 Å². The minimum Gasteiger partial charge on any atom is -0.447 e. The van der Waals surface area contributed by atoms with Crippen LogP contribution in [0.2, 0.25) is 0 Å². The molecule has 1 heterocycles. The van der Waals surface area contributed by atoms with Crippen LogP contribution in [0.3, 0.4) is 0 Å². The van der Waals surface area contributed by atoms with Gasteiger partial charge in [-0.3, -0.25) is 0 Å². The number of nitrogens with zero attached hydrogens (tertiary/aromatic N) is 1. The number of benzene rings is 1. The summed E-state index contributed by atoms with van der Waals surface area (Å²) >= 11 is 0. The highest BCUT2D eigenvalue weighted by atomic mass is 16.3. The van der Waals surface area contributed by atoms with E-state index in [4.69, 9.17) is 9.52 Å². The van der Waals surface area contributed by atoms with Crippen LogP contribution in [-0.2, 0) is 13.2 Å². The molecule has 1 unspecified atom stereocenters. The van der Waals surface area contributed by atoms with E-state index in [1.54, 1.807) is 0 Å². The van der Waals surface area contributed by atoms with E-state index in [2.05, 4.69) is 47.6 Å². The molecule has 0 spiro atoms. The Kier molecular flexibility index (Phi) is 4.71. The van der Waals surface area contributed by atoms with Gasteiger partial charge in [0.15, 0.2) is 0 Å². The van der Waals surface area contributed by atoms with E-state index in [0.29, 0.717) is 30.1 Å². The summed E-state index contributed by atoms with van der Waals surface area (Å²) in [6, 6.07) is 11.0. The lowest BCUT2D eigenvalue weighted by molar-refractivity contribution is 0.276. The fourth-order valence-corrected chi connectivity index (χ4v) is 2.79. The predicted molar refractivity (Wildman–Crippen MR) is 85.9 cm³/mol. The van der Waals surface area contributed by atoms with Crippen LogP contribution in [0.4, 0.5) is 0 Å². The van der Waals surface area contributed by atoms with Crippen molar-refractivity contribution in [3.05, 3.63) is 59.3 Å². The van der Waals surface area contributed by atoms with Crippen LogP contribution in [0.25, 0.3) is 6.08 Å². The molecule has 4 nitrogen and oxygen atoms in total. The first-order chi connectivity index (χ1) is 10.8. The first-order valence-corrected chi connectivity index (χ1v) is 7.83. The van der Waals surface area contributed by atoms with Crippen molar-refractivity contribution in [1.82, 2.24) is 10.3 Å². The van der Waals surface area contributed by atoms with Crippen molar-refractivity contribution >= 4 is 6.08 Å². The molecule has 1 aliphatic carbocycles. The van der Waals surface area contributed by atoms with Gasteiger partial charge in [-0.25, -0.2) is 4.98 Å². The van der Waals surface area contributed by atoms with Gasteiger partial charge in [-0.1, -0.05) is 48.9 Å². The maximum Gasteiger partial charge on any atom is 0.208 e. The summed E-state index contributed by atoms with van der Waals surface area (Å²) in [6.45, 7) is 2.75. The Morgan fingerprint density at radius 3 is 2.91 bits per heavy atom. The number of aliphatic hydroxyl groups is 1. The van der Waals surface area contributed by atoms with Gasteiger partial charge < -0.3 is 14.8 Å². The first-order valence-electron chi connectivity index (χ1n) is 7.83. The quantitative estimate of drug-likeness (QED) is 0.824. The molecule has 1 aromatic carbocycles. The van der Waals surface area contributed by atoms with Crippen LogP contribution >= 0.6 is 0 Å². The molecule has 0 amide bonds. The predicted octanol–water partition coefficient (Wildman–Crippen LogP) is 3.14. The van der Waals surface area contributed by atoms with E-state index in [-0.39, 0.29) is 6.61 Å². The SMILES string of the molecule is CC/C(=C\c1ccccc1)[C@@H]1CC1NCc1nc(CO)co1. The standard InChI is InChI=1S/C18H22N2O2/c1-2-14(8-13-6-4-3-5-7-13)16-9-17(16)19-10-18-20-15(11-21)12-22-18/h3-8,12,16-17,19,21H,2,9-11H2,1H3/b14-8+/t16-,17?/m0/s1. The number of aliphatic hydroxyl groups excluding tert-OH is 1. The van der Waals surface area contributed by atoms with Crippen LogP contribution in [-0.4, -0.2) is 16.1 Å². The van der Waals surface area contributed by atoms with Gasteiger partial charge in [0.1, 0.15) is 12.0 Å². The smallest absolute Gasteiger partial charge is 0.208 e. The summed E-state index contributed by atoms with van der Waals surface area (Å²) in [7, 11) is 0. The first kappa shape index (κ1) is 15.0. The number of rotatable bonds is 7. The lowest BCUT2D eigenvalue weighted by Gasteiger charge is -2.05. The largest absolute Gasteiger partial charge is 0.447 e. The summed E-state index contributed by atoms with van der Waals surface area (Å²) in [5.41, 5.74) is 3.35. The van der Waals surface area contributed by atoms with Crippen molar-refractivity contribution in [1.29, 1.82) is 0 Å². The van der Waals surface area contributed by atoms with Gasteiger partial charge in [0, 0.05) is 6.04 Å². The lowest BCUT2D eigenvalue weighted by atomic mass is 10.0. The molecule has 2 aromatic rings. The molecule has 1 aliphatic rings. The highest BCUT2D eigenvalue weighted by Crippen LogP contribution is 2.39. The minimum atomic E-state index is -0.0741. The average Bonchev–Trinajstić information content (AvgIpc) is 3.18. The summed E-state index contributed by atoms with van der Waals surface area (Å²) in [5.74, 6) is 1.25. The number of aromatic nitrogens is 1. The fraction of sp³-hybridized carbons (Fsp3) is 0.389. The minimum absolute atomic E-state index is 0.0741. The number of oxazole rings is 1. The Hall–Kier alpha value is -1.91. The van der Waals surface area contributed by atoms with Crippen molar-refractivity contribution in [2.24, 2.45) is 5.92 Å². The molecule has 0 aliphatic heterocycles. The van der Waals surface area contributed by atoms with Crippen LogP contribution in [0.5, 0.6) is 0 Å². The van der Waals surface area contributed by atoms with Gasteiger partial charge in [-0.05, 0) is 24.3 Å². The maximum atomic E-state index is 8.98. The Morgan fingerprint density at radius 2 is 2.23 bits per heavy atom. The molecule has 1 saturated carbocycles. The fourth-order valence-electron chi connectivity index (χ4n) is 2.79. The van der Waals surface area contributed by atoms with Gasteiger partial charge in [-0.2, -0.15) is 0 Å². The van der Waals surface area contributed by atoms with Gasteiger partial charge >= 0.3 is 0 Å². The molecule has 0 bridgehead atoms. The monoisotopic (exact) mass is 298 g/mol. The molecule has 1 aromatic heterocycles. The third-order valence-electron chi connectivity index (χ3n) is 4.10. The summed E-state index contributed by atoms with van der Waals surface area (Å²) < 4.78 is 5.30. The van der Waals surface area contributed by atoms with Crippen LogP contribution in [0.15, 0.2) is 46.6 Å². The van der Waals surface area contributed by atoms with Crippen LogP contribution in [0, 0.1) is 5.92 Å². The second-order valence-electron chi connectivity index (χ2n) is 5.70. The molecular weight excluding hydrogens is 276 g/mol. The van der Waals surface area contributed by atoms with Crippen molar-refractivity contribution in [3.63, 3.8) is 0 Å². The summed E-state index contributed by atoms with van der Waals surface area (Å²) in [6.07, 6.45) is 6.06. The molecule has 3 rings (SSSR count). The van der Waals surface area contributed by atoms with Crippen molar-refractivity contribution in [3.8, 4) is 0 Å². The molecular formula is C18H22N2O2. The zero-order chi connectivity index (χ0) is 15.4.